The summed E-state index contributed by atoms with van der Waals surface area (Å²) >= 11 is 0. The molecule has 0 atom stereocenters. The van der Waals surface area contributed by atoms with Crippen LogP contribution >= 0.6 is 0 Å². The molecule has 0 aliphatic carbocycles. The molecule has 1 aromatic carbocycles. The molecule has 0 fully saturated rings. The summed E-state index contributed by atoms with van der Waals surface area (Å²) in [7, 11) is -2.13. The molecule has 98 valence electrons. The lowest BCUT2D eigenvalue weighted by atomic mass is 10.2. The van der Waals surface area contributed by atoms with Gasteiger partial charge in [-0.2, -0.15) is 18.6 Å². The fourth-order valence-electron chi connectivity index (χ4n) is 1.85. The smallest absolute Gasteiger partial charge is 0.276 e. The van der Waals surface area contributed by atoms with Crippen molar-refractivity contribution >= 4 is 26.7 Å². The Balaban J connectivity index is 2.04. The van der Waals surface area contributed by atoms with Crippen LogP contribution in [0, 0.1) is 0 Å². The summed E-state index contributed by atoms with van der Waals surface area (Å²) in [4.78, 5) is 0. The maximum Gasteiger partial charge on any atom is 0.280 e. The van der Waals surface area contributed by atoms with Crippen LogP contribution in [-0.2, 0) is 17.1 Å². The molecule has 0 saturated carbocycles. The Morgan fingerprint density at radius 2 is 2.05 bits per heavy atom. The number of para-hydroxylation sites is 1. The first-order valence-electron chi connectivity index (χ1n) is 5.52. The molecular weight excluding hydrogens is 266 g/mol. The molecule has 3 aromatic rings. The van der Waals surface area contributed by atoms with E-state index in [0.717, 1.165) is 5.52 Å². The molecule has 7 nitrogen and oxygen atoms in total. The number of nitrogens with zero attached hydrogens (tertiary/aromatic N) is 3. The van der Waals surface area contributed by atoms with Gasteiger partial charge in [0.2, 0.25) is 0 Å². The third-order valence-electron chi connectivity index (χ3n) is 2.75. The average Bonchev–Trinajstić information content (AvgIpc) is 2.97. The van der Waals surface area contributed by atoms with Gasteiger partial charge in [-0.15, -0.1) is 0 Å². The maximum absolute atomic E-state index is 12.2. The van der Waals surface area contributed by atoms with E-state index >= 15 is 0 Å². The number of fused-ring (bicyclic) bond motifs is 1. The van der Waals surface area contributed by atoms with Crippen LogP contribution in [0.4, 0.5) is 5.82 Å². The van der Waals surface area contributed by atoms with Crippen LogP contribution in [0.15, 0.2) is 41.6 Å². The minimum atomic E-state index is -3.69. The van der Waals surface area contributed by atoms with Gasteiger partial charge < -0.3 is 0 Å². The molecule has 19 heavy (non-hydrogen) atoms. The number of aryl methyl sites for hydroxylation is 1. The predicted molar refractivity (Wildman–Crippen MR) is 70.1 cm³/mol. The van der Waals surface area contributed by atoms with Gasteiger partial charge in [0, 0.05) is 12.4 Å². The number of aromatic amines is 1. The minimum absolute atomic E-state index is 0.0829. The highest BCUT2D eigenvalue weighted by Gasteiger charge is 2.20. The van der Waals surface area contributed by atoms with Gasteiger partial charge in [0.15, 0.2) is 10.8 Å². The van der Waals surface area contributed by atoms with E-state index in [1.165, 1.54) is 16.9 Å². The molecule has 2 aromatic heterocycles. The van der Waals surface area contributed by atoms with Crippen molar-refractivity contribution in [2.45, 2.75) is 5.03 Å². The third-order valence-corrected chi connectivity index (χ3v) is 4.17. The van der Waals surface area contributed by atoms with Crippen molar-refractivity contribution in [2.75, 3.05) is 4.72 Å². The van der Waals surface area contributed by atoms with Gasteiger partial charge in [0.05, 0.1) is 11.7 Å². The monoisotopic (exact) mass is 277 g/mol. The summed E-state index contributed by atoms with van der Waals surface area (Å²) < 4.78 is 28.1. The third kappa shape index (κ3) is 1.95. The number of hydrogen-bond acceptors (Lipinski definition) is 4. The number of hydrogen-bond donors (Lipinski definition) is 2. The van der Waals surface area contributed by atoms with Gasteiger partial charge in [0.25, 0.3) is 10.0 Å². The Bertz CT molecular complexity index is 834. The van der Waals surface area contributed by atoms with Gasteiger partial charge in [-0.3, -0.25) is 14.5 Å². The van der Waals surface area contributed by atoms with E-state index in [1.54, 1.807) is 13.1 Å². The second kappa shape index (κ2) is 4.09. The molecule has 0 aliphatic heterocycles. The molecule has 3 rings (SSSR count). The molecule has 2 heterocycles. The van der Waals surface area contributed by atoms with Crippen LogP contribution in [0.3, 0.4) is 0 Å². The fraction of sp³-hybridized carbons (Fsp3) is 0.0909. The first kappa shape index (κ1) is 11.7. The number of rotatable bonds is 3. The lowest BCUT2D eigenvalue weighted by molar-refractivity contribution is 0.582. The van der Waals surface area contributed by atoms with Crippen molar-refractivity contribution < 1.29 is 8.42 Å². The Kier molecular flexibility index (Phi) is 2.53. The zero-order valence-electron chi connectivity index (χ0n) is 10.0. The van der Waals surface area contributed by atoms with Crippen molar-refractivity contribution in [3.8, 4) is 0 Å². The summed E-state index contributed by atoms with van der Waals surface area (Å²) in [6.07, 6.45) is 1.43. The van der Waals surface area contributed by atoms with E-state index in [0.29, 0.717) is 5.39 Å². The molecule has 0 saturated heterocycles. The number of aromatic nitrogens is 4. The summed E-state index contributed by atoms with van der Waals surface area (Å²) in [6.45, 7) is 0. The van der Waals surface area contributed by atoms with Crippen molar-refractivity contribution in [2.24, 2.45) is 7.05 Å². The number of benzene rings is 1. The summed E-state index contributed by atoms with van der Waals surface area (Å²) in [5.74, 6) is 0.275. The molecule has 0 unspecified atom stereocenters. The molecule has 0 amide bonds. The molecule has 0 aliphatic rings. The molecule has 0 spiro atoms. The predicted octanol–water partition coefficient (Wildman–Crippen LogP) is 1.10. The molecule has 2 N–H and O–H groups in total. The highest BCUT2D eigenvalue weighted by molar-refractivity contribution is 7.92. The second-order valence-electron chi connectivity index (χ2n) is 4.02. The van der Waals surface area contributed by atoms with E-state index in [9.17, 15) is 8.42 Å². The SMILES string of the molecule is Cn1nccc1S(=O)(=O)Nc1n[nH]c2ccccc12. The Hall–Kier alpha value is -2.35. The van der Waals surface area contributed by atoms with Crippen molar-refractivity contribution in [1.82, 2.24) is 20.0 Å². The normalized spacial score (nSPS) is 11.8. The van der Waals surface area contributed by atoms with Gasteiger partial charge >= 0.3 is 0 Å². The standard InChI is InChI=1S/C11H11N5O2S/c1-16-10(6-7-12-16)19(17,18)15-11-8-4-2-3-5-9(8)13-14-11/h2-7H,1H3,(H2,13,14,15). The van der Waals surface area contributed by atoms with Crippen molar-refractivity contribution in [1.29, 1.82) is 0 Å². The van der Waals surface area contributed by atoms with E-state index in [4.69, 9.17) is 0 Å². The van der Waals surface area contributed by atoms with E-state index in [1.807, 2.05) is 18.2 Å². The van der Waals surface area contributed by atoms with Gasteiger partial charge in [0.1, 0.15) is 0 Å². The van der Waals surface area contributed by atoms with Gasteiger partial charge in [-0.05, 0) is 18.2 Å². The second-order valence-corrected chi connectivity index (χ2v) is 5.65. The number of H-pyrrole nitrogens is 1. The fourth-order valence-corrected chi connectivity index (χ4v) is 3.00. The molecular formula is C11H11N5O2S. The average molecular weight is 277 g/mol. The molecule has 0 bridgehead atoms. The number of sulfonamides is 1. The Labute approximate surface area is 109 Å². The zero-order chi connectivity index (χ0) is 13.5. The highest BCUT2D eigenvalue weighted by atomic mass is 32.2. The van der Waals surface area contributed by atoms with Crippen LogP contribution in [0.5, 0.6) is 0 Å². The highest BCUT2D eigenvalue weighted by Crippen LogP contribution is 2.22. The van der Waals surface area contributed by atoms with Crippen LogP contribution in [0.25, 0.3) is 10.9 Å². The van der Waals surface area contributed by atoms with Gasteiger partial charge in [-0.25, -0.2) is 0 Å². The summed E-state index contributed by atoms with van der Waals surface area (Å²) in [5, 5.41) is 11.4. The quantitative estimate of drug-likeness (QED) is 0.749. The summed E-state index contributed by atoms with van der Waals surface area (Å²) in [5.41, 5.74) is 0.769. The van der Waals surface area contributed by atoms with Crippen LogP contribution in [-0.4, -0.2) is 28.4 Å². The number of nitrogens with one attached hydrogen (secondary N) is 2. The minimum Gasteiger partial charge on any atom is -0.276 e. The molecule has 0 radical (unpaired) electrons. The van der Waals surface area contributed by atoms with Crippen molar-refractivity contribution in [3.05, 3.63) is 36.5 Å². The first-order chi connectivity index (χ1) is 9.08. The van der Waals surface area contributed by atoms with Crippen LogP contribution in [0.2, 0.25) is 0 Å². The van der Waals surface area contributed by atoms with E-state index < -0.39 is 10.0 Å². The first-order valence-corrected chi connectivity index (χ1v) is 7.00. The van der Waals surface area contributed by atoms with Gasteiger partial charge in [-0.1, -0.05) is 12.1 Å². The van der Waals surface area contributed by atoms with Crippen LogP contribution < -0.4 is 4.72 Å². The van der Waals surface area contributed by atoms with E-state index in [-0.39, 0.29) is 10.8 Å². The topological polar surface area (TPSA) is 92.7 Å². The van der Waals surface area contributed by atoms with Crippen molar-refractivity contribution in [3.63, 3.8) is 0 Å². The lowest BCUT2D eigenvalue weighted by Crippen LogP contribution is -2.17. The summed E-state index contributed by atoms with van der Waals surface area (Å²) in [6, 6.07) is 8.71. The lowest BCUT2D eigenvalue weighted by Gasteiger charge is -2.05. The Morgan fingerprint density at radius 1 is 1.26 bits per heavy atom. The number of anilines is 1. The van der Waals surface area contributed by atoms with E-state index in [2.05, 4.69) is 20.0 Å². The largest absolute Gasteiger partial charge is 0.280 e. The van der Waals surface area contributed by atoms with Crippen LogP contribution in [0.1, 0.15) is 0 Å². The Morgan fingerprint density at radius 3 is 2.79 bits per heavy atom. The molecule has 8 heteroatoms. The maximum atomic E-state index is 12.2. The zero-order valence-corrected chi connectivity index (χ0v) is 10.8.